The highest BCUT2D eigenvalue weighted by atomic mass is 16.5. The van der Waals surface area contributed by atoms with Crippen molar-refractivity contribution in [2.45, 2.75) is 26.4 Å². The van der Waals surface area contributed by atoms with Gasteiger partial charge in [0.2, 0.25) is 0 Å². The highest BCUT2D eigenvalue weighted by molar-refractivity contribution is 6.16. The molecule has 2 aromatic carbocycles. The van der Waals surface area contributed by atoms with Crippen LogP contribution in [0.2, 0.25) is 0 Å². The Morgan fingerprint density at radius 3 is 2.45 bits per heavy atom. The Hall–Kier alpha value is -4.04. The third kappa shape index (κ3) is 4.20. The van der Waals surface area contributed by atoms with Crippen molar-refractivity contribution in [1.82, 2.24) is 14.6 Å². The molecule has 0 radical (unpaired) electrons. The summed E-state index contributed by atoms with van der Waals surface area (Å²) in [5, 5.41) is 7.37. The topological polar surface area (TPSA) is 112 Å². The van der Waals surface area contributed by atoms with Crippen molar-refractivity contribution in [1.29, 1.82) is 0 Å². The second kappa shape index (κ2) is 9.22. The molecule has 168 valence electrons. The van der Waals surface area contributed by atoms with Crippen molar-refractivity contribution in [2.75, 3.05) is 18.2 Å². The number of hydrogen-bond acceptors (Lipinski definition) is 6. The number of anilines is 2. The first-order chi connectivity index (χ1) is 15.9. The van der Waals surface area contributed by atoms with Crippen LogP contribution in [0.1, 0.15) is 51.7 Å². The standard InChI is InChI=1S/C25H25N5O3/c1-15(2)22-20(18-8-4-16(12-31)5-9-18)21(23-24(26)27-14-28-30(22)23)25(32)29-19-10-6-17(7-11-19)13-33-3/h4-12,14-15H,13H2,1-3H3,(H,29,32)(H2,26,27,28). The molecule has 2 aromatic heterocycles. The summed E-state index contributed by atoms with van der Waals surface area (Å²) in [5.41, 5.74) is 11.6. The van der Waals surface area contributed by atoms with Gasteiger partial charge in [0, 0.05) is 23.9 Å². The highest BCUT2D eigenvalue weighted by Crippen LogP contribution is 2.38. The molecule has 0 atom stereocenters. The first-order valence-corrected chi connectivity index (χ1v) is 10.5. The zero-order valence-corrected chi connectivity index (χ0v) is 18.7. The number of carbonyl (C=O) groups is 2. The van der Waals surface area contributed by atoms with Crippen LogP contribution in [0.3, 0.4) is 0 Å². The normalized spacial score (nSPS) is 11.2. The maximum Gasteiger partial charge on any atom is 0.258 e. The summed E-state index contributed by atoms with van der Waals surface area (Å²) >= 11 is 0. The number of benzene rings is 2. The van der Waals surface area contributed by atoms with Gasteiger partial charge < -0.3 is 15.8 Å². The molecule has 33 heavy (non-hydrogen) atoms. The van der Waals surface area contributed by atoms with E-state index in [0.29, 0.717) is 34.5 Å². The summed E-state index contributed by atoms with van der Waals surface area (Å²) < 4.78 is 6.83. The molecule has 0 aliphatic heterocycles. The zero-order valence-electron chi connectivity index (χ0n) is 18.7. The highest BCUT2D eigenvalue weighted by Gasteiger charge is 2.28. The Bertz CT molecular complexity index is 1310. The first-order valence-electron chi connectivity index (χ1n) is 10.5. The number of amides is 1. The van der Waals surface area contributed by atoms with Gasteiger partial charge in [-0.25, -0.2) is 9.50 Å². The SMILES string of the molecule is COCc1ccc(NC(=O)c2c(-c3ccc(C=O)cc3)c(C(C)C)n3ncnc(N)c23)cc1. The lowest BCUT2D eigenvalue weighted by Crippen LogP contribution is -2.14. The fourth-order valence-corrected chi connectivity index (χ4v) is 3.96. The van der Waals surface area contributed by atoms with E-state index in [0.717, 1.165) is 23.1 Å². The minimum absolute atomic E-state index is 0.0300. The van der Waals surface area contributed by atoms with E-state index < -0.39 is 0 Å². The van der Waals surface area contributed by atoms with Crippen LogP contribution < -0.4 is 11.1 Å². The van der Waals surface area contributed by atoms with Crippen LogP contribution in [0.25, 0.3) is 16.6 Å². The molecule has 0 saturated heterocycles. The number of rotatable bonds is 7. The molecule has 4 rings (SSSR count). The van der Waals surface area contributed by atoms with Crippen molar-refractivity contribution in [3.05, 3.63) is 77.2 Å². The number of aromatic nitrogens is 3. The third-order valence-corrected chi connectivity index (χ3v) is 5.42. The Morgan fingerprint density at radius 2 is 1.85 bits per heavy atom. The van der Waals surface area contributed by atoms with E-state index >= 15 is 0 Å². The predicted octanol–water partition coefficient (Wildman–Crippen LogP) is 4.31. The molecule has 3 N–H and O–H groups in total. The van der Waals surface area contributed by atoms with E-state index in [2.05, 4.69) is 15.4 Å². The van der Waals surface area contributed by atoms with Crippen molar-refractivity contribution >= 4 is 29.2 Å². The van der Waals surface area contributed by atoms with Crippen LogP contribution in [0, 0.1) is 0 Å². The average Bonchev–Trinajstić information content (AvgIpc) is 3.17. The number of fused-ring (bicyclic) bond motifs is 1. The second-order valence-electron chi connectivity index (χ2n) is 8.02. The van der Waals surface area contributed by atoms with Crippen LogP contribution in [-0.2, 0) is 11.3 Å². The summed E-state index contributed by atoms with van der Waals surface area (Å²) in [6.45, 7) is 4.55. The second-order valence-corrected chi connectivity index (χ2v) is 8.02. The van der Waals surface area contributed by atoms with E-state index in [9.17, 15) is 9.59 Å². The number of aldehydes is 1. The Balaban J connectivity index is 1.89. The van der Waals surface area contributed by atoms with Gasteiger partial charge in [-0.3, -0.25) is 9.59 Å². The van der Waals surface area contributed by atoms with Gasteiger partial charge in [0.05, 0.1) is 17.9 Å². The smallest absolute Gasteiger partial charge is 0.258 e. The summed E-state index contributed by atoms with van der Waals surface area (Å²) in [6, 6.07) is 14.5. The third-order valence-electron chi connectivity index (χ3n) is 5.42. The quantitative estimate of drug-likeness (QED) is 0.412. The average molecular weight is 444 g/mol. The van der Waals surface area contributed by atoms with Crippen LogP contribution in [0.15, 0.2) is 54.9 Å². The van der Waals surface area contributed by atoms with Crippen molar-refractivity contribution in [3.8, 4) is 11.1 Å². The number of ether oxygens (including phenoxy) is 1. The van der Waals surface area contributed by atoms with E-state index in [-0.39, 0.29) is 17.6 Å². The minimum Gasteiger partial charge on any atom is -0.382 e. The van der Waals surface area contributed by atoms with E-state index in [1.54, 1.807) is 23.8 Å². The van der Waals surface area contributed by atoms with Crippen LogP contribution in [-0.4, -0.2) is 33.9 Å². The summed E-state index contributed by atoms with van der Waals surface area (Å²) in [6.07, 6.45) is 2.16. The predicted molar refractivity (Wildman–Crippen MR) is 127 cm³/mol. The lowest BCUT2D eigenvalue weighted by Gasteiger charge is -2.11. The van der Waals surface area contributed by atoms with Crippen molar-refractivity contribution in [2.24, 2.45) is 0 Å². The minimum atomic E-state index is -0.324. The molecule has 2 heterocycles. The number of nitrogens with two attached hydrogens (primary N) is 1. The fourth-order valence-electron chi connectivity index (χ4n) is 3.96. The zero-order chi connectivity index (χ0) is 23.5. The molecular formula is C25H25N5O3. The van der Waals surface area contributed by atoms with Gasteiger partial charge in [0.25, 0.3) is 5.91 Å². The van der Waals surface area contributed by atoms with Crippen molar-refractivity contribution in [3.63, 3.8) is 0 Å². The number of nitrogen functional groups attached to an aromatic ring is 1. The number of hydrogen-bond donors (Lipinski definition) is 2. The lowest BCUT2D eigenvalue weighted by atomic mass is 9.95. The lowest BCUT2D eigenvalue weighted by molar-refractivity contribution is 0.102. The number of nitrogens with one attached hydrogen (secondary N) is 1. The van der Waals surface area contributed by atoms with Crippen molar-refractivity contribution < 1.29 is 14.3 Å². The molecule has 8 heteroatoms. The molecule has 1 amide bonds. The Labute approximate surface area is 191 Å². The van der Waals surface area contributed by atoms with Gasteiger partial charge in [0.1, 0.15) is 18.1 Å². The van der Waals surface area contributed by atoms with Gasteiger partial charge >= 0.3 is 0 Å². The van der Waals surface area contributed by atoms with Gasteiger partial charge in [-0.2, -0.15) is 5.10 Å². The number of nitrogens with zero attached hydrogens (tertiary/aromatic N) is 3. The van der Waals surface area contributed by atoms with Gasteiger partial charge in [0.15, 0.2) is 5.82 Å². The summed E-state index contributed by atoms with van der Waals surface area (Å²) in [4.78, 5) is 28.9. The molecule has 0 fully saturated rings. The largest absolute Gasteiger partial charge is 0.382 e. The van der Waals surface area contributed by atoms with E-state index in [1.165, 1.54) is 6.33 Å². The molecule has 0 unspecified atom stereocenters. The number of methoxy groups -OCH3 is 1. The summed E-state index contributed by atoms with van der Waals surface area (Å²) in [5.74, 6) is -0.0828. The first kappa shape index (κ1) is 22.2. The van der Waals surface area contributed by atoms with Crippen LogP contribution >= 0.6 is 0 Å². The number of carbonyl (C=O) groups excluding carboxylic acids is 2. The fraction of sp³-hybridized carbons (Fsp3) is 0.200. The molecule has 4 aromatic rings. The Kier molecular flexibility index (Phi) is 6.19. The summed E-state index contributed by atoms with van der Waals surface area (Å²) in [7, 11) is 1.63. The van der Waals surface area contributed by atoms with E-state index in [4.69, 9.17) is 10.5 Å². The van der Waals surface area contributed by atoms with Crippen LogP contribution in [0.4, 0.5) is 11.5 Å². The maximum absolute atomic E-state index is 13.6. The molecule has 0 aliphatic carbocycles. The Morgan fingerprint density at radius 1 is 1.15 bits per heavy atom. The van der Waals surface area contributed by atoms with Gasteiger partial charge in [-0.05, 0) is 29.2 Å². The monoisotopic (exact) mass is 443 g/mol. The maximum atomic E-state index is 13.6. The van der Waals surface area contributed by atoms with Crippen LogP contribution in [0.5, 0.6) is 0 Å². The molecule has 0 saturated carbocycles. The molecular weight excluding hydrogens is 418 g/mol. The van der Waals surface area contributed by atoms with E-state index in [1.807, 2.05) is 50.2 Å². The van der Waals surface area contributed by atoms with Gasteiger partial charge in [-0.1, -0.05) is 50.2 Å². The molecule has 0 aliphatic rings. The molecule has 0 spiro atoms. The molecule has 8 nitrogen and oxygen atoms in total. The van der Waals surface area contributed by atoms with Gasteiger partial charge in [-0.15, -0.1) is 0 Å². The molecule has 0 bridgehead atoms.